The Labute approximate surface area is 154 Å². The van der Waals surface area contributed by atoms with E-state index in [9.17, 15) is 0 Å². The van der Waals surface area contributed by atoms with Crippen LogP contribution in [0.1, 0.15) is 11.3 Å². The van der Waals surface area contributed by atoms with Crippen LogP contribution in [0.3, 0.4) is 0 Å². The first-order chi connectivity index (χ1) is 12.2. The Balaban J connectivity index is 1.63. The highest BCUT2D eigenvalue weighted by molar-refractivity contribution is 7.09. The number of aliphatic imine (C=N–C) groups is 1. The van der Waals surface area contributed by atoms with Gasteiger partial charge >= 0.3 is 0 Å². The summed E-state index contributed by atoms with van der Waals surface area (Å²) in [7, 11) is 5.54. The summed E-state index contributed by atoms with van der Waals surface area (Å²) in [5.41, 5.74) is 0. The monoisotopic (exact) mass is 361 g/mol. The van der Waals surface area contributed by atoms with Gasteiger partial charge in [0.05, 0.1) is 13.7 Å². The summed E-state index contributed by atoms with van der Waals surface area (Å²) < 4.78 is 10.9. The van der Waals surface area contributed by atoms with Gasteiger partial charge in [-0.2, -0.15) is 0 Å². The van der Waals surface area contributed by atoms with Crippen molar-refractivity contribution in [2.45, 2.75) is 12.8 Å². The van der Waals surface area contributed by atoms with Crippen LogP contribution in [-0.4, -0.2) is 51.8 Å². The topological polar surface area (TPSA) is 46.1 Å². The number of methoxy groups -OCH3 is 1. The Bertz CT molecular complexity index is 627. The molecule has 0 unspecified atom stereocenters. The van der Waals surface area contributed by atoms with Crippen LogP contribution in [-0.2, 0) is 6.42 Å². The van der Waals surface area contributed by atoms with E-state index in [2.05, 4.69) is 39.8 Å². The summed E-state index contributed by atoms with van der Waals surface area (Å²) >= 11 is 1.80. The van der Waals surface area contributed by atoms with Crippen molar-refractivity contribution >= 4 is 17.3 Å². The molecule has 0 spiro atoms. The predicted molar refractivity (Wildman–Crippen MR) is 105 cm³/mol. The number of likely N-dealkylation sites (N-methyl/N-ethyl adjacent to an activating group) is 1. The first kappa shape index (κ1) is 19.1. The molecule has 0 radical (unpaired) electrons. The number of nitrogens with zero attached hydrogens (tertiary/aromatic N) is 2. The van der Waals surface area contributed by atoms with Crippen LogP contribution in [0.25, 0.3) is 0 Å². The Morgan fingerprint density at radius 3 is 2.60 bits per heavy atom. The van der Waals surface area contributed by atoms with Crippen molar-refractivity contribution in [3.8, 4) is 11.5 Å². The third-order valence-electron chi connectivity index (χ3n) is 3.78. The van der Waals surface area contributed by atoms with E-state index in [1.54, 1.807) is 18.4 Å². The number of hydrogen-bond acceptors (Lipinski definition) is 4. The van der Waals surface area contributed by atoms with Crippen molar-refractivity contribution in [2.24, 2.45) is 4.99 Å². The Hall–Kier alpha value is -2.21. The van der Waals surface area contributed by atoms with Gasteiger partial charge in [-0.05, 0) is 48.6 Å². The molecule has 25 heavy (non-hydrogen) atoms. The maximum Gasteiger partial charge on any atom is 0.193 e. The largest absolute Gasteiger partial charge is 0.497 e. The predicted octanol–water partition coefficient (Wildman–Crippen LogP) is 3.28. The quantitative estimate of drug-likeness (QED) is 0.423. The van der Waals surface area contributed by atoms with Crippen molar-refractivity contribution in [2.75, 3.05) is 40.9 Å². The third-order valence-corrected chi connectivity index (χ3v) is 4.72. The van der Waals surface area contributed by atoms with Gasteiger partial charge in [0.15, 0.2) is 5.96 Å². The van der Waals surface area contributed by atoms with Crippen LogP contribution in [0.4, 0.5) is 0 Å². The average molecular weight is 362 g/mol. The molecule has 0 atom stereocenters. The van der Waals surface area contributed by atoms with Crippen molar-refractivity contribution in [1.29, 1.82) is 0 Å². The molecule has 0 aliphatic carbocycles. The minimum absolute atomic E-state index is 0.662. The van der Waals surface area contributed by atoms with Gasteiger partial charge < -0.3 is 19.7 Å². The van der Waals surface area contributed by atoms with Gasteiger partial charge in [0.2, 0.25) is 0 Å². The normalized spacial score (nSPS) is 11.2. The molecular weight excluding hydrogens is 334 g/mol. The fourth-order valence-electron chi connectivity index (χ4n) is 2.36. The number of thiophene rings is 1. The zero-order chi connectivity index (χ0) is 17.9. The highest BCUT2D eigenvalue weighted by Gasteiger charge is 2.06. The SMILES string of the molecule is CN=C(NCCCOc1ccc(OC)cc1)N(C)CCc1cccs1. The molecule has 2 aromatic rings. The molecule has 0 fully saturated rings. The zero-order valence-corrected chi connectivity index (χ0v) is 16.0. The first-order valence-corrected chi connectivity index (χ1v) is 9.32. The molecule has 0 aliphatic rings. The first-order valence-electron chi connectivity index (χ1n) is 8.44. The molecule has 136 valence electrons. The average Bonchev–Trinajstić information content (AvgIpc) is 3.17. The molecule has 1 aromatic heterocycles. The van der Waals surface area contributed by atoms with Crippen LogP contribution in [0.5, 0.6) is 11.5 Å². The van der Waals surface area contributed by atoms with Crippen molar-refractivity contribution in [3.05, 3.63) is 46.7 Å². The van der Waals surface area contributed by atoms with E-state index >= 15 is 0 Å². The zero-order valence-electron chi connectivity index (χ0n) is 15.2. The smallest absolute Gasteiger partial charge is 0.193 e. The Morgan fingerprint density at radius 1 is 1.20 bits per heavy atom. The Kier molecular flexibility index (Phi) is 8.12. The number of ether oxygens (including phenoxy) is 2. The number of guanidine groups is 1. The molecular formula is C19H27N3O2S. The lowest BCUT2D eigenvalue weighted by molar-refractivity contribution is 0.309. The minimum atomic E-state index is 0.662. The van der Waals surface area contributed by atoms with Crippen molar-refractivity contribution in [1.82, 2.24) is 10.2 Å². The molecule has 1 heterocycles. The lowest BCUT2D eigenvalue weighted by Gasteiger charge is -2.21. The van der Waals surface area contributed by atoms with E-state index in [0.29, 0.717) is 6.61 Å². The fraction of sp³-hybridized carbons (Fsp3) is 0.421. The standard InChI is InChI=1S/C19H27N3O2S/c1-20-19(22(2)13-11-18-6-4-15-25-18)21-12-5-14-24-17-9-7-16(23-3)8-10-17/h4,6-10,15H,5,11-14H2,1-3H3,(H,20,21). The van der Waals surface area contributed by atoms with Crippen molar-refractivity contribution in [3.63, 3.8) is 0 Å². The molecule has 5 nitrogen and oxygen atoms in total. The third kappa shape index (κ3) is 6.66. The van der Waals surface area contributed by atoms with E-state index in [0.717, 1.165) is 43.4 Å². The van der Waals surface area contributed by atoms with E-state index < -0.39 is 0 Å². The van der Waals surface area contributed by atoms with E-state index in [1.165, 1.54) is 4.88 Å². The summed E-state index contributed by atoms with van der Waals surface area (Å²) in [4.78, 5) is 7.90. The second-order valence-corrected chi connectivity index (χ2v) is 6.63. The molecule has 6 heteroatoms. The van der Waals surface area contributed by atoms with E-state index in [-0.39, 0.29) is 0 Å². The fourth-order valence-corrected chi connectivity index (χ4v) is 3.06. The van der Waals surface area contributed by atoms with Gasteiger partial charge in [-0.3, -0.25) is 4.99 Å². The van der Waals surface area contributed by atoms with E-state index in [4.69, 9.17) is 9.47 Å². The van der Waals surface area contributed by atoms with Crippen LogP contribution < -0.4 is 14.8 Å². The van der Waals surface area contributed by atoms with E-state index in [1.807, 2.05) is 31.3 Å². The summed E-state index contributed by atoms with van der Waals surface area (Å²) in [6.45, 7) is 2.43. The van der Waals surface area contributed by atoms with Gasteiger partial charge in [0.25, 0.3) is 0 Å². The lowest BCUT2D eigenvalue weighted by atomic mass is 10.3. The maximum atomic E-state index is 5.73. The van der Waals surface area contributed by atoms with Gasteiger partial charge in [0.1, 0.15) is 11.5 Å². The lowest BCUT2D eigenvalue weighted by Crippen LogP contribution is -2.40. The summed E-state index contributed by atoms with van der Waals surface area (Å²) in [6, 6.07) is 11.9. The molecule has 0 amide bonds. The van der Waals surface area contributed by atoms with Gasteiger partial charge in [-0.1, -0.05) is 6.07 Å². The summed E-state index contributed by atoms with van der Waals surface area (Å²) in [6.07, 6.45) is 1.94. The van der Waals surface area contributed by atoms with Crippen molar-refractivity contribution < 1.29 is 9.47 Å². The molecule has 1 aromatic carbocycles. The Morgan fingerprint density at radius 2 is 1.96 bits per heavy atom. The second-order valence-electron chi connectivity index (χ2n) is 5.60. The van der Waals surface area contributed by atoms with Gasteiger partial charge in [-0.25, -0.2) is 0 Å². The maximum absolute atomic E-state index is 5.73. The van der Waals surface area contributed by atoms with Crippen LogP contribution in [0, 0.1) is 0 Å². The summed E-state index contributed by atoms with van der Waals surface area (Å²) in [5.74, 6) is 2.61. The highest BCUT2D eigenvalue weighted by Crippen LogP contribution is 2.16. The summed E-state index contributed by atoms with van der Waals surface area (Å²) in [5, 5.41) is 5.50. The number of benzene rings is 1. The molecule has 1 N–H and O–H groups in total. The number of nitrogens with one attached hydrogen (secondary N) is 1. The van der Waals surface area contributed by atoms with Gasteiger partial charge in [-0.15, -0.1) is 11.3 Å². The molecule has 0 saturated heterocycles. The van der Waals surface area contributed by atoms with Gasteiger partial charge in [0, 0.05) is 32.1 Å². The number of hydrogen-bond donors (Lipinski definition) is 1. The second kappa shape index (κ2) is 10.6. The minimum Gasteiger partial charge on any atom is -0.497 e. The molecule has 2 rings (SSSR count). The van der Waals surface area contributed by atoms with Crippen LogP contribution in [0.2, 0.25) is 0 Å². The molecule has 0 saturated carbocycles. The highest BCUT2D eigenvalue weighted by atomic mass is 32.1. The van der Waals surface area contributed by atoms with Crippen LogP contribution >= 0.6 is 11.3 Å². The molecule has 0 bridgehead atoms. The molecule has 0 aliphatic heterocycles. The van der Waals surface area contributed by atoms with Crippen LogP contribution in [0.15, 0.2) is 46.8 Å². The number of rotatable bonds is 9.